The van der Waals surface area contributed by atoms with Crippen LogP contribution >= 0.6 is 0 Å². The fourth-order valence-corrected chi connectivity index (χ4v) is 4.06. The highest BCUT2D eigenvalue weighted by Crippen LogP contribution is 2.48. The van der Waals surface area contributed by atoms with Crippen molar-refractivity contribution in [3.63, 3.8) is 0 Å². The van der Waals surface area contributed by atoms with Crippen LogP contribution in [0, 0.1) is 18.3 Å². The molecule has 2 aliphatic rings. The molecular weight excluding hydrogens is 292 g/mol. The molecule has 5 heteroatoms. The lowest BCUT2D eigenvalue weighted by Gasteiger charge is -2.23. The van der Waals surface area contributed by atoms with E-state index in [1.807, 2.05) is 31.2 Å². The average Bonchev–Trinajstić information content (AvgIpc) is 3.07. The number of carbonyl (C=O) groups excluding carboxylic acids is 1. The number of likely N-dealkylation sites (tertiary alicyclic amines) is 1. The quantitative estimate of drug-likeness (QED) is 0.876. The molecule has 1 amide bonds. The van der Waals surface area contributed by atoms with Crippen molar-refractivity contribution in [3.8, 4) is 0 Å². The number of carbonyl (C=O) groups is 2. The minimum atomic E-state index is -0.728. The molecule has 0 aromatic heterocycles. The first-order valence-electron chi connectivity index (χ1n) is 8.33. The molecule has 1 aliphatic heterocycles. The zero-order chi connectivity index (χ0) is 16.4. The second-order valence-corrected chi connectivity index (χ2v) is 6.82. The van der Waals surface area contributed by atoms with Crippen molar-refractivity contribution in [2.75, 3.05) is 25.0 Å². The molecular formula is C18H24N2O3. The number of benzene rings is 1. The van der Waals surface area contributed by atoms with Gasteiger partial charge in [0, 0.05) is 31.7 Å². The number of amides is 1. The number of aryl methyl sites for hydroxylation is 1. The third-order valence-electron chi connectivity index (χ3n) is 5.45. The van der Waals surface area contributed by atoms with E-state index in [4.69, 9.17) is 0 Å². The van der Waals surface area contributed by atoms with Crippen molar-refractivity contribution < 1.29 is 14.7 Å². The maximum absolute atomic E-state index is 12.4. The molecule has 1 saturated carbocycles. The molecule has 0 radical (unpaired) electrons. The van der Waals surface area contributed by atoms with Gasteiger partial charge in [0.05, 0.1) is 5.41 Å². The summed E-state index contributed by atoms with van der Waals surface area (Å²) in [5, 5.41) is 12.9. The summed E-state index contributed by atoms with van der Waals surface area (Å²) in [6, 6.07) is 7.98. The van der Waals surface area contributed by atoms with Crippen LogP contribution in [-0.2, 0) is 9.59 Å². The van der Waals surface area contributed by atoms with E-state index in [9.17, 15) is 14.7 Å². The van der Waals surface area contributed by atoms with Crippen molar-refractivity contribution in [1.29, 1.82) is 0 Å². The fourth-order valence-electron chi connectivity index (χ4n) is 4.06. The minimum absolute atomic E-state index is 0.0566. The number of carboxylic acids is 1. The summed E-state index contributed by atoms with van der Waals surface area (Å²) in [5.41, 5.74) is 1.51. The van der Waals surface area contributed by atoms with Gasteiger partial charge in [-0.25, -0.2) is 0 Å². The van der Waals surface area contributed by atoms with Crippen LogP contribution < -0.4 is 5.32 Å². The number of hydrogen-bond donors (Lipinski definition) is 2. The van der Waals surface area contributed by atoms with E-state index in [0.717, 1.165) is 24.1 Å². The van der Waals surface area contributed by atoms with Crippen molar-refractivity contribution in [2.24, 2.45) is 11.3 Å². The Morgan fingerprint density at radius 1 is 1.39 bits per heavy atom. The summed E-state index contributed by atoms with van der Waals surface area (Å²) in [7, 11) is 0. The van der Waals surface area contributed by atoms with Gasteiger partial charge in [0.1, 0.15) is 0 Å². The van der Waals surface area contributed by atoms with Crippen molar-refractivity contribution in [3.05, 3.63) is 29.8 Å². The van der Waals surface area contributed by atoms with Crippen LogP contribution in [0.5, 0.6) is 0 Å². The molecule has 23 heavy (non-hydrogen) atoms. The summed E-state index contributed by atoms with van der Waals surface area (Å²) in [5.74, 6) is -0.539. The highest BCUT2D eigenvalue weighted by molar-refractivity contribution is 5.81. The fraction of sp³-hybridized carbons (Fsp3) is 0.556. The molecule has 1 aliphatic carbocycles. The number of nitrogens with zero attached hydrogens (tertiary/aromatic N) is 1. The number of hydrogen-bond acceptors (Lipinski definition) is 3. The Kier molecular flexibility index (Phi) is 4.28. The molecule has 1 saturated heterocycles. The Balaban J connectivity index is 1.54. The Morgan fingerprint density at radius 2 is 2.17 bits per heavy atom. The van der Waals surface area contributed by atoms with Crippen LogP contribution in [0.2, 0.25) is 0 Å². The Bertz CT molecular complexity index is 616. The zero-order valence-electron chi connectivity index (χ0n) is 13.5. The molecule has 0 spiro atoms. The van der Waals surface area contributed by atoms with Crippen LogP contribution in [0.3, 0.4) is 0 Å². The second-order valence-electron chi connectivity index (χ2n) is 6.82. The largest absolute Gasteiger partial charge is 0.481 e. The topological polar surface area (TPSA) is 69.6 Å². The van der Waals surface area contributed by atoms with Gasteiger partial charge in [-0.05, 0) is 37.3 Å². The van der Waals surface area contributed by atoms with E-state index < -0.39 is 11.4 Å². The predicted octanol–water partition coefficient (Wildman–Crippen LogP) is 2.51. The lowest BCUT2D eigenvalue weighted by Crippen LogP contribution is -2.37. The van der Waals surface area contributed by atoms with Gasteiger partial charge in [0.15, 0.2) is 0 Å². The van der Waals surface area contributed by atoms with Crippen LogP contribution in [-0.4, -0.2) is 41.5 Å². The van der Waals surface area contributed by atoms with Gasteiger partial charge in [-0.1, -0.05) is 24.6 Å². The number of fused-ring (bicyclic) bond motifs is 1. The van der Waals surface area contributed by atoms with E-state index in [1.54, 1.807) is 4.90 Å². The lowest BCUT2D eigenvalue weighted by molar-refractivity contribution is -0.149. The van der Waals surface area contributed by atoms with Gasteiger partial charge in [0.2, 0.25) is 5.91 Å². The SMILES string of the molecule is Cc1ccccc1NCCC(=O)N1C[C@@H]2CCC[C@@]2(C(=O)O)C1. The van der Waals surface area contributed by atoms with Gasteiger partial charge in [-0.2, -0.15) is 0 Å². The first-order chi connectivity index (χ1) is 11.0. The van der Waals surface area contributed by atoms with E-state index in [1.165, 1.54) is 0 Å². The van der Waals surface area contributed by atoms with Crippen LogP contribution in [0.1, 0.15) is 31.2 Å². The highest BCUT2D eigenvalue weighted by Gasteiger charge is 2.55. The Hall–Kier alpha value is -2.04. The van der Waals surface area contributed by atoms with Crippen molar-refractivity contribution >= 4 is 17.6 Å². The number of carboxylic acid groups (broad SMARTS) is 1. The maximum atomic E-state index is 12.4. The number of aliphatic carboxylic acids is 1. The monoisotopic (exact) mass is 316 g/mol. The number of nitrogens with one attached hydrogen (secondary N) is 1. The zero-order valence-corrected chi connectivity index (χ0v) is 13.5. The molecule has 2 N–H and O–H groups in total. The van der Waals surface area contributed by atoms with Crippen molar-refractivity contribution in [1.82, 2.24) is 4.90 Å². The maximum Gasteiger partial charge on any atom is 0.311 e. The summed E-state index contributed by atoms with van der Waals surface area (Å²) in [6.07, 6.45) is 3.00. The molecule has 2 atom stereocenters. The van der Waals surface area contributed by atoms with E-state index in [2.05, 4.69) is 5.32 Å². The Labute approximate surface area is 136 Å². The second kappa shape index (κ2) is 6.22. The summed E-state index contributed by atoms with van der Waals surface area (Å²) >= 11 is 0. The first kappa shape index (κ1) is 15.8. The smallest absolute Gasteiger partial charge is 0.311 e. The van der Waals surface area contributed by atoms with Gasteiger partial charge < -0.3 is 15.3 Å². The summed E-state index contributed by atoms with van der Waals surface area (Å²) in [6.45, 7) is 3.60. The molecule has 124 valence electrons. The third-order valence-corrected chi connectivity index (χ3v) is 5.45. The number of anilines is 1. The molecule has 1 aromatic carbocycles. The van der Waals surface area contributed by atoms with E-state index in [0.29, 0.717) is 32.5 Å². The number of para-hydroxylation sites is 1. The van der Waals surface area contributed by atoms with Gasteiger partial charge in [0.25, 0.3) is 0 Å². The molecule has 1 heterocycles. The third kappa shape index (κ3) is 2.92. The predicted molar refractivity (Wildman–Crippen MR) is 88.3 cm³/mol. The van der Waals surface area contributed by atoms with E-state index >= 15 is 0 Å². The summed E-state index contributed by atoms with van der Waals surface area (Å²) in [4.78, 5) is 25.8. The van der Waals surface area contributed by atoms with E-state index in [-0.39, 0.29) is 11.8 Å². The average molecular weight is 316 g/mol. The van der Waals surface area contributed by atoms with Crippen LogP contribution in [0.25, 0.3) is 0 Å². The molecule has 1 aromatic rings. The van der Waals surface area contributed by atoms with Crippen LogP contribution in [0.4, 0.5) is 5.69 Å². The van der Waals surface area contributed by atoms with Crippen LogP contribution in [0.15, 0.2) is 24.3 Å². The van der Waals surface area contributed by atoms with Gasteiger partial charge >= 0.3 is 5.97 Å². The molecule has 0 bridgehead atoms. The molecule has 2 fully saturated rings. The first-order valence-corrected chi connectivity index (χ1v) is 8.33. The Morgan fingerprint density at radius 3 is 2.87 bits per heavy atom. The van der Waals surface area contributed by atoms with Gasteiger partial charge in [-0.15, -0.1) is 0 Å². The molecule has 3 rings (SSSR count). The number of rotatable bonds is 5. The molecule has 5 nitrogen and oxygen atoms in total. The van der Waals surface area contributed by atoms with Gasteiger partial charge in [-0.3, -0.25) is 9.59 Å². The van der Waals surface area contributed by atoms with Crippen molar-refractivity contribution in [2.45, 2.75) is 32.6 Å². The normalized spacial score (nSPS) is 26.1. The highest BCUT2D eigenvalue weighted by atomic mass is 16.4. The lowest BCUT2D eigenvalue weighted by atomic mass is 9.81. The minimum Gasteiger partial charge on any atom is -0.481 e. The summed E-state index contributed by atoms with van der Waals surface area (Å²) < 4.78 is 0. The standard InChI is InChI=1S/C18H24N2O3/c1-13-5-2-3-7-15(13)19-10-8-16(21)20-11-14-6-4-9-18(14,12-20)17(22)23/h2-3,5,7,14,19H,4,6,8-12H2,1H3,(H,22,23)/t14-,18+/m0/s1. The molecule has 0 unspecified atom stereocenters.